The number of amidine groups is 1. The van der Waals surface area contributed by atoms with Crippen LogP contribution in [0.4, 0.5) is 5.69 Å². The van der Waals surface area contributed by atoms with Gasteiger partial charge in [-0.3, -0.25) is 9.59 Å². The summed E-state index contributed by atoms with van der Waals surface area (Å²) in [6, 6.07) is 13.1. The molecule has 1 fully saturated rings. The first kappa shape index (κ1) is 25.0. The smallest absolute Gasteiger partial charge is 0.263 e. The summed E-state index contributed by atoms with van der Waals surface area (Å²) in [5.74, 6) is -0.243. The molecule has 0 bridgehead atoms. The van der Waals surface area contributed by atoms with E-state index >= 15 is 0 Å². The molecule has 2 amide bonds. The molecule has 3 heterocycles. The van der Waals surface area contributed by atoms with Crippen molar-refractivity contribution < 1.29 is 9.59 Å². The molecular weight excluding hydrogens is 517 g/mol. The predicted molar refractivity (Wildman–Crippen MR) is 146 cm³/mol. The molecule has 0 spiro atoms. The highest BCUT2D eigenvalue weighted by Gasteiger charge is 2.53. The van der Waals surface area contributed by atoms with Gasteiger partial charge in [0, 0.05) is 23.8 Å². The van der Waals surface area contributed by atoms with Gasteiger partial charge in [0.15, 0.2) is 5.17 Å². The van der Waals surface area contributed by atoms with E-state index < -0.39 is 5.54 Å². The number of benzene rings is 2. The van der Waals surface area contributed by atoms with Gasteiger partial charge in [-0.1, -0.05) is 55.2 Å². The highest BCUT2D eigenvalue weighted by Crippen LogP contribution is 2.56. The molecule has 36 heavy (non-hydrogen) atoms. The zero-order valence-corrected chi connectivity index (χ0v) is 22.5. The fraction of sp³-hybridized carbons (Fsp3) is 0.346. The Morgan fingerprint density at radius 3 is 2.58 bits per heavy atom. The van der Waals surface area contributed by atoms with E-state index in [-0.39, 0.29) is 30.3 Å². The zero-order chi connectivity index (χ0) is 25.8. The summed E-state index contributed by atoms with van der Waals surface area (Å²) in [4.78, 5) is 35.2. The van der Waals surface area contributed by atoms with Crippen LogP contribution in [0.5, 0.6) is 0 Å². The van der Waals surface area contributed by atoms with Crippen molar-refractivity contribution in [2.24, 2.45) is 10.9 Å². The van der Waals surface area contributed by atoms with E-state index in [0.717, 1.165) is 22.0 Å². The number of piperazine rings is 1. The van der Waals surface area contributed by atoms with Crippen LogP contribution in [-0.2, 0) is 15.1 Å². The monoisotopic (exact) mass is 543 g/mol. The second-order valence-corrected chi connectivity index (χ2v) is 11.5. The van der Waals surface area contributed by atoms with Crippen LogP contribution in [0.1, 0.15) is 37.9 Å². The van der Waals surface area contributed by atoms with Crippen molar-refractivity contribution in [3.63, 3.8) is 0 Å². The van der Waals surface area contributed by atoms with Gasteiger partial charge >= 0.3 is 0 Å². The quantitative estimate of drug-likeness (QED) is 0.541. The minimum absolute atomic E-state index is 0.0372. The molecule has 3 N–H and O–H groups in total. The van der Waals surface area contributed by atoms with Gasteiger partial charge in [-0.2, -0.15) is 0 Å². The third kappa shape index (κ3) is 4.15. The van der Waals surface area contributed by atoms with Crippen LogP contribution in [0, 0.1) is 5.92 Å². The number of carbonyl (C=O) groups excluding carboxylic acids is 2. The highest BCUT2D eigenvalue weighted by atomic mass is 35.5. The number of hydrogen-bond acceptors (Lipinski definition) is 6. The lowest BCUT2D eigenvalue weighted by atomic mass is 9.81. The lowest BCUT2D eigenvalue weighted by Gasteiger charge is -2.37. The van der Waals surface area contributed by atoms with Gasteiger partial charge in [-0.05, 0) is 60.0 Å². The second kappa shape index (κ2) is 9.32. The van der Waals surface area contributed by atoms with Crippen molar-refractivity contribution in [2.75, 3.05) is 25.4 Å². The van der Waals surface area contributed by atoms with Crippen LogP contribution in [-0.4, -0.2) is 46.4 Å². The number of nitrogens with zero attached hydrogens (tertiary/aromatic N) is 3. The van der Waals surface area contributed by atoms with E-state index in [1.165, 1.54) is 11.8 Å². The number of hydrogen-bond donors (Lipinski definition) is 2. The second-order valence-electron chi connectivity index (χ2n) is 9.65. The van der Waals surface area contributed by atoms with Crippen molar-refractivity contribution in [3.8, 4) is 0 Å². The average Bonchev–Trinajstić information content (AvgIpc) is 3.33. The number of nitrogens with two attached hydrogens (primary N) is 1. The molecule has 5 rings (SSSR count). The van der Waals surface area contributed by atoms with E-state index in [0.29, 0.717) is 33.7 Å². The number of halogens is 2. The molecule has 10 heteroatoms. The third-order valence-electron chi connectivity index (χ3n) is 6.84. The van der Waals surface area contributed by atoms with Gasteiger partial charge in [0.05, 0.1) is 23.3 Å². The predicted octanol–water partition coefficient (Wildman–Crippen LogP) is 4.78. The normalized spacial score (nSPS) is 23.8. The van der Waals surface area contributed by atoms with Gasteiger partial charge in [-0.15, -0.1) is 0 Å². The first-order valence-electron chi connectivity index (χ1n) is 11.8. The lowest BCUT2D eigenvalue weighted by Crippen LogP contribution is -2.50. The Balaban J connectivity index is 1.64. The molecule has 0 saturated carbocycles. The SMILES string of the molecule is CC(C)C1=C(C(=O)N2CCNC(=O)C2)SC2=N[C@@](C)(c3ccc(Cl)c(N)c3)[C@H](c3ccc(Cl)cc3)N21. The van der Waals surface area contributed by atoms with Crippen molar-refractivity contribution >= 4 is 57.6 Å². The van der Waals surface area contributed by atoms with Crippen LogP contribution in [0.15, 0.2) is 58.1 Å². The summed E-state index contributed by atoms with van der Waals surface area (Å²) in [5.41, 5.74) is 8.82. The van der Waals surface area contributed by atoms with Crippen molar-refractivity contribution in [3.05, 3.63) is 74.2 Å². The Morgan fingerprint density at radius 1 is 1.22 bits per heavy atom. The van der Waals surface area contributed by atoms with Crippen molar-refractivity contribution in [2.45, 2.75) is 32.4 Å². The maximum absolute atomic E-state index is 13.6. The fourth-order valence-corrected chi connectivity index (χ4v) is 6.71. The Labute approximate surface area is 224 Å². The largest absolute Gasteiger partial charge is 0.398 e. The lowest BCUT2D eigenvalue weighted by molar-refractivity contribution is -0.135. The maximum Gasteiger partial charge on any atom is 0.263 e. The van der Waals surface area contributed by atoms with Crippen LogP contribution in [0.2, 0.25) is 10.0 Å². The summed E-state index contributed by atoms with van der Waals surface area (Å²) in [6.07, 6.45) is 0. The molecule has 2 aromatic carbocycles. The molecule has 0 aliphatic carbocycles. The highest BCUT2D eigenvalue weighted by molar-refractivity contribution is 8.18. The number of nitrogen functional groups attached to an aromatic ring is 1. The number of anilines is 1. The zero-order valence-electron chi connectivity index (χ0n) is 20.2. The van der Waals surface area contributed by atoms with Crippen LogP contribution in [0.3, 0.4) is 0 Å². The number of thioether (sulfide) groups is 1. The molecule has 2 atom stereocenters. The van der Waals surface area contributed by atoms with Gasteiger partial charge < -0.3 is 20.9 Å². The van der Waals surface area contributed by atoms with E-state index in [1.807, 2.05) is 36.4 Å². The summed E-state index contributed by atoms with van der Waals surface area (Å²) < 4.78 is 0. The molecule has 0 unspecified atom stereocenters. The molecule has 0 aromatic heterocycles. The Hall–Kier alpha value is -2.68. The standard InChI is InChI=1S/C26H27Cl2N5O2S/c1-14(2)21-22(24(35)32-11-10-30-20(34)13-32)36-25-31-26(3,16-6-9-18(28)19(29)12-16)23(33(21)25)15-4-7-17(27)8-5-15/h4-9,12,14,23H,10-11,13,29H2,1-3H3,(H,30,34)/t23-,26-/m0/s1. The van der Waals surface area contributed by atoms with Crippen LogP contribution in [0.25, 0.3) is 0 Å². The van der Waals surface area contributed by atoms with Gasteiger partial charge in [0.2, 0.25) is 5.91 Å². The van der Waals surface area contributed by atoms with Gasteiger partial charge in [-0.25, -0.2) is 4.99 Å². The number of aliphatic imine (C=N–C) groups is 1. The minimum Gasteiger partial charge on any atom is -0.398 e. The first-order valence-corrected chi connectivity index (χ1v) is 13.4. The maximum atomic E-state index is 13.6. The fourth-order valence-electron chi connectivity index (χ4n) is 5.09. The summed E-state index contributed by atoms with van der Waals surface area (Å²) in [6.45, 7) is 7.22. The average molecular weight is 545 g/mol. The van der Waals surface area contributed by atoms with E-state index in [4.69, 9.17) is 33.9 Å². The number of rotatable bonds is 4. The molecule has 188 valence electrons. The Kier molecular flexibility index (Phi) is 6.47. The Morgan fingerprint density at radius 2 is 1.94 bits per heavy atom. The summed E-state index contributed by atoms with van der Waals surface area (Å²) >= 11 is 13.8. The molecule has 1 saturated heterocycles. The third-order valence-corrected chi connectivity index (χ3v) is 8.50. The van der Waals surface area contributed by atoms with Crippen LogP contribution >= 0.6 is 35.0 Å². The number of amides is 2. The Bertz CT molecular complexity index is 1310. The molecule has 0 radical (unpaired) electrons. The molecule has 3 aliphatic heterocycles. The van der Waals surface area contributed by atoms with Crippen molar-refractivity contribution in [1.29, 1.82) is 0 Å². The summed E-state index contributed by atoms with van der Waals surface area (Å²) in [7, 11) is 0. The summed E-state index contributed by atoms with van der Waals surface area (Å²) in [5, 5.41) is 4.67. The molecule has 7 nitrogen and oxygen atoms in total. The molecule has 2 aromatic rings. The first-order chi connectivity index (χ1) is 17.1. The minimum atomic E-state index is -0.700. The van der Waals surface area contributed by atoms with Gasteiger partial charge in [0.1, 0.15) is 10.4 Å². The van der Waals surface area contributed by atoms with E-state index in [1.54, 1.807) is 11.0 Å². The number of nitrogens with one attached hydrogen (secondary N) is 1. The van der Waals surface area contributed by atoms with E-state index in [2.05, 4.69) is 31.0 Å². The van der Waals surface area contributed by atoms with Gasteiger partial charge in [0.25, 0.3) is 5.91 Å². The number of allylic oxidation sites excluding steroid dienone is 1. The molecular formula is C26H27Cl2N5O2S. The topological polar surface area (TPSA) is 91.0 Å². The van der Waals surface area contributed by atoms with Crippen molar-refractivity contribution in [1.82, 2.24) is 15.1 Å². The van der Waals surface area contributed by atoms with Crippen LogP contribution < -0.4 is 11.1 Å². The molecule has 3 aliphatic rings. The number of carbonyl (C=O) groups is 2. The van der Waals surface area contributed by atoms with E-state index in [9.17, 15) is 9.59 Å². The number of fused-ring (bicyclic) bond motifs is 1.